The highest BCUT2D eigenvalue weighted by molar-refractivity contribution is 7.89. The van der Waals surface area contributed by atoms with E-state index in [9.17, 15) is 13.2 Å². The highest BCUT2D eigenvalue weighted by Gasteiger charge is 2.30. The molecule has 1 unspecified atom stereocenters. The van der Waals surface area contributed by atoms with E-state index in [1.54, 1.807) is 17.9 Å². The Morgan fingerprint density at radius 3 is 2.74 bits per heavy atom. The van der Waals surface area contributed by atoms with Crippen LogP contribution in [0.1, 0.15) is 28.3 Å². The molecule has 1 aliphatic rings. The molecule has 0 radical (unpaired) electrons. The minimum atomic E-state index is -3.49. The molecule has 1 atom stereocenters. The molecule has 1 aromatic heterocycles. The maximum atomic E-state index is 12.2. The largest absolute Gasteiger partial charge is 0.456 e. The zero-order valence-corrected chi connectivity index (χ0v) is 11.9. The van der Waals surface area contributed by atoms with Gasteiger partial charge < -0.3 is 9.32 Å². The van der Waals surface area contributed by atoms with E-state index < -0.39 is 10.0 Å². The van der Waals surface area contributed by atoms with Crippen molar-refractivity contribution in [1.29, 1.82) is 0 Å². The third kappa shape index (κ3) is 3.36. The lowest BCUT2D eigenvalue weighted by molar-refractivity contribution is 0.0755. The number of nitrogens with two attached hydrogens (primary N) is 1. The van der Waals surface area contributed by atoms with Crippen molar-refractivity contribution in [1.82, 2.24) is 4.90 Å². The zero-order chi connectivity index (χ0) is 14.2. The van der Waals surface area contributed by atoms with Crippen LogP contribution in [0, 0.1) is 19.8 Å². The van der Waals surface area contributed by atoms with Crippen LogP contribution in [0.3, 0.4) is 0 Å². The molecule has 1 saturated heterocycles. The number of hydrogen-bond donors (Lipinski definition) is 1. The first kappa shape index (κ1) is 14.1. The van der Waals surface area contributed by atoms with Crippen molar-refractivity contribution in [2.75, 3.05) is 18.8 Å². The molecule has 1 aliphatic heterocycles. The Morgan fingerprint density at radius 2 is 2.21 bits per heavy atom. The van der Waals surface area contributed by atoms with Crippen molar-refractivity contribution in [3.8, 4) is 0 Å². The normalized spacial score (nSPS) is 19.9. The predicted octanol–water partition coefficient (Wildman–Crippen LogP) is 0.647. The molecule has 0 saturated carbocycles. The van der Waals surface area contributed by atoms with E-state index in [4.69, 9.17) is 9.56 Å². The van der Waals surface area contributed by atoms with Crippen LogP contribution in [0.4, 0.5) is 0 Å². The number of aryl methyl sites for hydroxylation is 2. The van der Waals surface area contributed by atoms with Gasteiger partial charge in [0.05, 0.1) is 5.75 Å². The molecule has 1 amide bonds. The molecule has 0 spiro atoms. The first-order valence-electron chi connectivity index (χ1n) is 6.13. The lowest BCUT2D eigenvalue weighted by Gasteiger charge is -2.14. The first-order chi connectivity index (χ1) is 8.76. The van der Waals surface area contributed by atoms with Gasteiger partial charge in [0.1, 0.15) is 5.76 Å². The number of rotatable bonds is 3. The average molecular weight is 286 g/mol. The molecule has 19 heavy (non-hydrogen) atoms. The van der Waals surface area contributed by atoms with Crippen molar-refractivity contribution in [3.63, 3.8) is 0 Å². The number of likely N-dealkylation sites (tertiary alicyclic amines) is 1. The van der Waals surface area contributed by atoms with Gasteiger partial charge in [0, 0.05) is 13.1 Å². The average Bonchev–Trinajstić information content (AvgIpc) is 2.84. The highest BCUT2D eigenvalue weighted by Crippen LogP contribution is 2.21. The van der Waals surface area contributed by atoms with E-state index in [-0.39, 0.29) is 17.6 Å². The number of carbonyl (C=O) groups excluding carboxylic acids is 1. The molecular weight excluding hydrogens is 268 g/mol. The fourth-order valence-electron chi connectivity index (χ4n) is 2.32. The van der Waals surface area contributed by atoms with Crippen molar-refractivity contribution in [2.45, 2.75) is 20.3 Å². The lowest BCUT2D eigenvalue weighted by atomic mass is 10.2. The molecule has 0 aromatic carbocycles. The molecule has 106 valence electrons. The monoisotopic (exact) mass is 286 g/mol. The van der Waals surface area contributed by atoms with Gasteiger partial charge in [0.15, 0.2) is 5.76 Å². The van der Waals surface area contributed by atoms with Crippen LogP contribution >= 0.6 is 0 Å². The Labute approximate surface area is 112 Å². The topological polar surface area (TPSA) is 93.6 Å². The van der Waals surface area contributed by atoms with E-state index in [1.807, 2.05) is 6.92 Å². The third-order valence-electron chi connectivity index (χ3n) is 3.42. The summed E-state index contributed by atoms with van der Waals surface area (Å²) in [5.41, 5.74) is 0.934. The smallest absolute Gasteiger partial charge is 0.289 e. The summed E-state index contributed by atoms with van der Waals surface area (Å²) in [4.78, 5) is 13.8. The Bertz CT molecular complexity index is 571. The second-order valence-corrected chi connectivity index (χ2v) is 6.74. The van der Waals surface area contributed by atoms with Gasteiger partial charge in [0.25, 0.3) is 5.91 Å². The molecule has 1 aromatic rings. The van der Waals surface area contributed by atoms with Crippen LogP contribution in [-0.2, 0) is 10.0 Å². The SMILES string of the molecule is Cc1cc(C(=O)N2CCC(CS(N)(=O)=O)C2)oc1C. The summed E-state index contributed by atoms with van der Waals surface area (Å²) in [7, 11) is -3.49. The van der Waals surface area contributed by atoms with Gasteiger partial charge in [-0.25, -0.2) is 13.6 Å². The molecule has 1 fully saturated rings. The van der Waals surface area contributed by atoms with E-state index in [0.717, 1.165) is 11.3 Å². The molecule has 2 rings (SSSR count). The van der Waals surface area contributed by atoms with Crippen LogP contribution in [0.25, 0.3) is 0 Å². The van der Waals surface area contributed by atoms with Crippen LogP contribution < -0.4 is 5.14 Å². The van der Waals surface area contributed by atoms with Crippen LogP contribution in [0.5, 0.6) is 0 Å². The second-order valence-electron chi connectivity index (χ2n) is 5.09. The van der Waals surface area contributed by atoms with Crippen molar-refractivity contribution in [2.24, 2.45) is 11.1 Å². The standard InChI is InChI=1S/C12H18N2O4S/c1-8-5-11(18-9(8)2)12(15)14-4-3-10(6-14)7-19(13,16)17/h5,10H,3-4,6-7H2,1-2H3,(H2,13,16,17). The summed E-state index contributed by atoms with van der Waals surface area (Å²) < 4.78 is 27.5. The van der Waals surface area contributed by atoms with Gasteiger partial charge in [-0.05, 0) is 37.8 Å². The number of sulfonamides is 1. The molecule has 0 aliphatic carbocycles. The summed E-state index contributed by atoms with van der Waals surface area (Å²) >= 11 is 0. The van der Waals surface area contributed by atoms with Crippen molar-refractivity contribution >= 4 is 15.9 Å². The first-order valence-corrected chi connectivity index (χ1v) is 7.84. The number of hydrogen-bond acceptors (Lipinski definition) is 4. The minimum Gasteiger partial charge on any atom is -0.456 e. The molecule has 2 heterocycles. The maximum absolute atomic E-state index is 12.2. The van der Waals surface area contributed by atoms with Crippen LogP contribution in [0.2, 0.25) is 0 Å². The van der Waals surface area contributed by atoms with Crippen LogP contribution in [0.15, 0.2) is 10.5 Å². The number of primary sulfonamides is 1. The molecule has 6 nitrogen and oxygen atoms in total. The Kier molecular flexibility index (Phi) is 3.69. The number of carbonyl (C=O) groups is 1. The maximum Gasteiger partial charge on any atom is 0.289 e. The second kappa shape index (κ2) is 4.97. The van der Waals surface area contributed by atoms with Crippen molar-refractivity contribution in [3.05, 3.63) is 23.2 Å². The van der Waals surface area contributed by atoms with Gasteiger partial charge >= 0.3 is 0 Å². The lowest BCUT2D eigenvalue weighted by Crippen LogP contribution is -2.30. The molecule has 2 N–H and O–H groups in total. The fraction of sp³-hybridized carbons (Fsp3) is 0.583. The van der Waals surface area contributed by atoms with E-state index in [1.165, 1.54) is 0 Å². The molecular formula is C12H18N2O4S. The number of nitrogens with zero attached hydrogens (tertiary/aromatic N) is 1. The third-order valence-corrected chi connectivity index (χ3v) is 4.35. The van der Waals surface area contributed by atoms with E-state index in [2.05, 4.69) is 0 Å². The van der Waals surface area contributed by atoms with Gasteiger partial charge in [-0.2, -0.15) is 0 Å². The van der Waals surface area contributed by atoms with E-state index >= 15 is 0 Å². The van der Waals surface area contributed by atoms with Gasteiger partial charge in [-0.3, -0.25) is 4.79 Å². The summed E-state index contributed by atoms with van der Waals surface area (Å²) in [5.74, 6) is 0.687. The summed E-state index contributed by atoms with van der Waals surface area (Å²) in [6.07, 6.45) is 0.654. The Balaban J connectivity index is 2.03. The Morgan fingerprint density at radius 1 is 1.53 bits per heavy atom. The van der Waals surface area contributed by atoms with Gasteiger partial charge in [-0.1, -0.05) is 0 Å². The number of amides is 1. The zero-order valence-electron chi connectivity index (χ0n) is 11.0. The quantitative estimate of drug-likeness (QED) is 0.882. The van der Waals surface area contributed by atoms with E-state index in [0.29, 0.717) is 25.3 Å². The van der Waals surface area contributed by atoms with Gasteiger partial charge in [-0.15, -0.1) is 0 Å². The fourth-order valence-corrected chi connectivity index (χ4v) is 3.25. The minimum absolute atomic E-state index is 0.0764. The predicted molar refractivity (Wildman–Crippen MR) is 70.2 cm³/mol. The highest BCUT2D eigenvalue weighted by atomic mass is 32.2. The van der Waals surface area contributed by atoms with Crippen molar-refractivity contribution < 1.29 is 17.6 Å². The summed E-state index contributed by atoms with van der Waals surface area (Å²) in [5, 5.41) is 5.02. The van der Waals surface area contributed by atoms with Gasteiger partial charge in [0.2, 0.25) is 10.0 Å². The number of furan rings is 1. The van der Waals surface area contributed by atoms with Crippen LogP contribution in [-0.4, -0.2) is 38.1 Å². The summed E-state index contributed by atoms with van der Waals surface area (Å²) in [6, 6.07) is 1.71. The molecule has 0 bridgehead atoms. The molecule has 7 heteroatoms. The Hall–Kier alpha value is -1.34. The summed E-state index contributed by atoms with van der Waals surface area (Å²) in [6.45, 7) is 4.63.